The molecule has 0 amide bonds. The zero-order valence-corrected chi connectivity index (χ0v) is 11.9. The minimum absolute atomic E-state index is 0.0191. The molecule has 0 spiro atoms. The van der Waals surface area contributed by atoms with E-state index in [1.54, 1.807) is 12.3 Å². The molecular weight excluding hydrogens is 254 g/mol. The number of aliphatic hydroxyl groups excluding tert-OH is 1. The summed E-state index contributed by atoms with van der Waals surface area (Å²) in [6.45, 7) is 4.11. The predicted molar refractivity (Wildman–Crippen MR) is 80.4 cm³/mol. The summed E-state index contributed by atoms with van der Waals surface area (Å²) in [6, 6.07) is 3.65. The zero-order valence-electron chi connectivity index (χ0n) is 11.9. The number of hydrogen-bond donors (Lipinski definition) is 3. The van der Waals surface area contributed by atoms with Crippen molar-refractivity contribution in [1.82, 2.24) is 15.0 Å². The first kappa shape index (κ1) is 14.5. The largest absolute Gasteiger partial charge is 0.394 e. The predicted octanol–water partition coefficient (Wildman–Crippen LogP) is 1.96. The number of fused-ring (bicyclic) bond motifs is 1. The number of aromatic nitrogens is 3. The van der Waals surface area contributed by atoms with Gasteiger partial charge < -0.3 is 16.2 Å². The first-order valence-electron chi connectivity index (χ1n) is 6.85. The second-order valence-corrected chi connectivity index (χ2v) is 5.25. The molecule has 0 unspecified atom stereocenters. The van der Waals surface area contributed by atoms with Crippen LogP contribution in [0.3, 0.4) is 0 Å². The van der Waals surface area contributed by atoms with Gasteiger partial charge >= 0.3 is 0 Å². The number of aliphatic hydroxyl groups is 1. The van der Waals surface area contributed by atoms with Crippen molar-refractivity contribution >= 4 is 22.8 Å². The first-order chi connectivity index (χ1) is 9.58. The highest BCUT2D eigenvalue weighted by Gasteiger charge is 2.24. The van der Waals surface area contributed by atoms with Crippen LogP contribution in [0.15, 0.2) is 18.3 Å². The van der Waals surface area contributed by atoms with E-state index in [0.717, 1.165) is 19.3 Å². The molecule has 2 aromatic rings. The number of hydrogen-bond acceptors (Lipinski definition) is 6. The van der Waals surface area contributed by atoms with Crippen molar-refractivity contribution in [3.63, 3.8) is 0 Å². The molecule has 4 N–H and O–H groups in total. The monoisotopic (exact) mass is 275 g/mol. The number of nitrogens with zero attached hydrogens (tertiary/aromatic N) is 3. The summed E-state index contributed by atoms with van der Waals surface area (Å²) in [5.41, 5.74) is 6.65. The molecule has 2 aromatic heterocycles. The van der Waals surface area contributed by atoms with Gasteiger partial charge in [0.2, 0.25) is 5.95 Å². The van der Waals surface area contributed by atoms with E-state index in [1.807, 2.05) is 13.0 Å². The van der Waals surface area contributed by atoms with Gasteiger partial charge in [-0.25, -0.2) is 4.98 Å². The van der Waals surface area contributed by atoms with Crippen molar-refractivity contribution in [1.29, 1.82) is 0 Å². The van der Waals surface area contributed by atoms with E-state index in [4.69, 9.17) is 5.73 Å². The lowest BCUT2D eigenvalue weighted by Crippen LogP contribution is -2.39. The summed E-state index contributed by atoms with van der Waals surface area (Å²) in [7, 11) is 0. The van der Waals surface area contributed by atoms with E-state index in [1.165, 1.54) is 0 Å². The molecular formula is C14H21N5O. The summed E-state index contributed by atoms with van der Waals surface area (Å²) in [6.07, 6.45) is 4.63. The summed E-state index contributed by atoms with van der Waals surface area (Å²) in [5.74, 6) is 0.768. The van der Waals surface area contributed by atoms with E-state index in [0.29, 0.717) is 16.9 Å². The third kappa shape index (κ3) is 3.14. The smallest absolute Gasteiger partial charge is 0.222 e. The molecule has 0 radical (unpaired) electrons. The fourth-order valence-corrected chi connectivity index (χ4v) is 2.11. The fraction of sp³-hybridized carbons (Fsp3) is 0.500. The van der Waals surface area contributed by atoms with Crippen LogP contribution in [-0.2, 0) is 0 Å². The summed E-state index contributed by atoms with van der Waals surface area (Å²) < 4.78 is 0. The Labute approximate surface area is 118 Å². The molecule has 0 aliphatic heterocycles. The molecule has 0 saturated heterocycles. The van der Waals surface area contributed by atoms with Crippen LogP contribution in [0.4, 0.5) is 11.8 Å². The van der Waals surface area contributed by atoms with E-state index in [9.17, 15) is 5.11 Å². The molecule has 1 atom stereocenters. The lowest BCUT2D eigenvalue weighted by atomic mass is 9.96. The summed E-state index contributed by atoms with van der Waals surface area (Å²) in [4.78, 5) is 12.7. The SMILES string of the molecule is CCCC[C@](C)(CO)Nc1nc(N)nc2cccnc12. The van der Waals surface area contributed by atoms with Crippen molar-refractivity contribution in [3.8, 4) is 0 Å². The van der Waals surface area contributed by atoms with E-state index in [-0.39, 0.29) is 12.6 Å². The molecule has 2 rings (SSSR count). The van der Waals surface area contributed by atoms with Crippen molar-refractivity contribution in [3.05, 3.63) is 18.3 Å². The summed E-state index contributed by atoms with van der Waals surface area (Å²) >= 11 is 0. The topological polar surface area (TPSA) is 97.0 Å². The van der Waals surface area contributed by atoms with Gasteiger partial charge in [-0.05, 0) is 25.5 Å². The quantitative estimate of drug-likeness (QED) is 0.745. The number of anilines is 2. The number of pyridine rings is 1. The lowest BCUT2D eigenvalue weighted by molar-refractivity contribution is 0.212. The maximum absolute atomic E-state index is 9.66. The third-order valence-electron chi connectivity index (χ3n) is 3.32. The van der Waals surface area contributed by atoms with Crippen LogP contribution in [0.2, 0.25) is 0 Å². The van der Waals surface area contributed by atoms with Gasteiger partial charge in [-0.15, -0.1) is 0 Å². The minimum Gasteiger partial charge on any atom is -0.394 e. The van der Waals surface area contributed by atoms with Gasteiger partial charge in [0.1, 0.15) is 5.52 Å². The Hall–Kier alpha value is -1.95. The van der Waals surface area contributed by atoms with E-state index < -0.39 is 5.54 Å². The van der Waals surface area contributed by atoms with Crippen LogP contribution in [0, 0.1) is 0 Å². The van der Waals surface area contributed by atoms with Crippen molar-refractivity contribution < 1.29 is 5.11 Å². The Balaban J connectivity index is 2.36. The van der Waals surface area contributed by atoms with Crippen LogP contribution in [-0.4, -0.2) is 32.2 Å². The number of nitrogens with one attached hydrogen (secondary N) is 1. The highest BCUT2D eigenvalue weighted by molar-refractivity contribution is 5.86. The molecule has 0 aromatic carbocycles. The third-order valence-corrected chi connectivity index (χ3v) is 3.32. The Kier molecular flexibility index (Phi) is 4.34. The lowest BCUT2D eigenvalue weighted by Gasteiger charge is -2.29. The molecule has 0 saturated carbocycles. The zero-order chi connectivity index (χ0) is 14.6. The standard InChI is InChI=1S/C14H21N5O/c1-3-4-7-14(2,9-20)19-12-11-10(6-5-8-16-11)17-13(15)18-12/h5-6,8,20H,3-4,7,9H2,1-2H3,(H3,15,17,18,19)/t14-/m1/s1. The summed E-state index contributed by atoms with van der Waals surface area (Å²) in [5, 5.41) is 12.9. The van der Waals surface area contributed by atoms with Crippen LogP contribution in [0.1, 0.15) is 33.1 Å². The molecule has 0 aliphatic rings. The van der Waals surface area contributed by atoms with Gasteiger partial charge in [-0.3, -0.25) is 4.98 Å². The van der Waals surface area contributed by atoms with E-state index in [2.05, 4.69) is 27.2 Å². The maximum atomic E-state index is 9.66. The van der Waals surface area contributed by atoms with Gasteiger partial charge in [-0.2, -0.15) is 4.98 Å². The van der Waals surface area contributed by atoms with Crippen molar-refractivity contribution in [2.45, 2.75) is 38.6 Å². The normalized spacial score (nSPS) is 14.2. The average Bonchev–Trinajstić information content (AvgIpc) is 2.45. The number of rotatable bonds is 6. The van der Waals surface area contributed by atoms with Crippen molar-refractivity contribution in [2.24, 2.45) is 0 Å². The molecule has 2 heterocycles. The Morgan fingerprint density at radius 2 is 2.20 bits per heavy atom. The Morgan fingerprint density at radius 1 is 1.40 bits per heavy atom. The number of nitrogens with two attached hydrogens (primary N) is 1. The van der Waals surface area contributed by atoms with E-state index >= 15 is 0 Å². The average molecular weight is 275 g/mol. The highest BCUT2D eigenvalue weighted by Crippen LogP contribution is 2.24. The first-order valence-corrected chi connectivity index (χ1v) is 6.85. The molecule has 20 heavy (non-hydrogen) atoms. The van der Waals surface area contributed by atoms with Crippen LogP contribution in [0.25, 0.3) is 11.0 Å². The maximum Gasteiger partial charge on any atom is 0.222 e. The molecule has 6 heteroatoms. The Morgan fingerprint density at radius 3 is 2.90 bits per heavy atom. The van der Waals surface area contributed by atoms with Crippen LogP contribution < -0.4 is 11.1 Å². The number of unbranched alkanes of at least 4 members (excludes halogenated alkanes) is 1. The Bertz CT molecular complexity index is 589. The second-order valence-electron chi connectivity index (χ2n) is 5.25. The van der Waals surface area contributed by atoms with Crippen molar-refractivity contribution in [2.75, 3.05) is 17.7 Å². The molecule has 0 fully saturated rings. The van der Waals surface area contributed by atoms with Gasteiger partial charge in [0.25, 0.3) is 0 Å². The number of nitrogen functional groups attached to an aromatic ring is 1. The molecule has 6 nitrogen and oxygen atoms in total. The van der Waals surface area contributed by atoms with Gasteiger partial charge in [-0.1, -0.05) is 19.8 Å². The molecule has 108 valence electrons. The molecule has 0 bridgehead atoms. The minimum atomic E-state index is -0.443. The van der Waals surface area contributed by atoms with Gasteiger partial charge in [0, 0.05) is 6.20 Å². The van der Waals surface area contributed by atoms with Crippen LogP contribution in [0.5, 0.6) is 0 Å². The van der Waals surface area contributed by atoms with Gasteiger partial charge in [0.15, 0.2) is 5.82 Å². The molecule has 0 aliphatic carbocycles. The fourth-order valence-electron chi connectivity index (χ4n) is 2.11. The van der Waals surface area contributed by atoms with Crippen LogP contribution >= 0.6 is 0 Å². The van der Waals surface area contributed by atoms with Gasteiger partial charge in [0.05, 0.1) is 17.7 Å². The highest BCUT2D eigenvalue weighted by atomic mass is 16.3. The second kappa shape index (κ2) is 6.00.